The van der Waals surface area contributed by atoms with E-state index in [1.807, 2.05) is 0 Å². The van der Waals surface area contributed by atoms with E-state index in [0.717, 1.165) is 39.6 Å². The second kappa shape index (κ2) is 17.0. The van der Waals surface area contributed by atoms with Gasteiger partial charge in [-0.2, -0.15) is 0 Å². The third-order valence-electron chi connectivity index (χ3n) is 11.9. The highest BCUT2D eigenvalue weighted by molar-refractivity contribution is 5.96. The second-order valence-electron chi connectivity index (χ2n) is 15.9. The molecule has 0 heterocycles. The van der Waals surface area contributed by atoms with Gasteiger partial charge in [0.15, 0.2) is 0 Å². The van der Waals surface area contributed by atoms with Gasteiger partial charge in [0.1, 0.15) is 0 Å². The van der Waals surface area contributed by atoms with Gasteiger partial charge in [0.25, 0.3) is 0 Å². The highest BCUT2D eigenvalue weighted by Crippen LogP contribution is 2.41. The van der Waals surface area contributed by atoms with Gasteiger partial charge in [-0.05, 0) is 159 Å². The van der Waals surface area contributed by atoms with Gasteiger partial charge in [0, 0.05) is 34.1 Å². The van der Waals surface area contributed by atoms with Crippen LogP contribution in [0.1, 0.15) is 22.3 Å². The fourth-order valence-corrected chi connectivity index (χ4v) is 8.68. The molecule has 0 aliphatic rings. The average Bonchev–Trinajstić information content (AvgIpc) is 3.33. The first kappa shape index (κ1) is 38.3. The van der Waals surface area contributed by atoms with E-state index in [4.69, 9.17) is 0 Å². The summed E-state index contributed by atoms with van der Waals surface area (Å²) in [6.45, 7) is 4.44. The Morgan fingerprint density at radius 2 is 0.823 bits per heavy atom. The summed E-state index contributed by atoms with van der Waals surface area (Å²) in [6, 6.07) is 83.0. The Morgan fingerprint density at radius 3 is 1.44 bits per heavy atom. The van der Waals surface area contributed by atoms with E-state index in [2.05, 4.69) is 266 Å². The monoisotopic (exact) mass is 794 g/mol. The maximum absolute atomic E-state index is 2.36. The molecule has 0 atom stereocenters. The van der Waals surface area contributed by atoms with E-state index in [0.29, 0.717) is 0 Å². The second-order valence-corrected chi connectivity index (χ2v) is 15.9. The quantitative estimate of drug-likeness (QED) is 0.127. The number of hydrogen-bond donors (Lipinski definition) is 0. The Labute approximate surface area is 364 Å². The third kappa shape index (κ3) is 7.78. The Kier molecular flexibility index (Phi) is 10.5. The molecule has 10 aromatic carbocycles. The lowest BCUT2D eigenvalue weighted by molar-refractivity contribution is 1.26. The van der Waals surface area contributed by atoms with Crippen LogP contribution in [0.3, 0.4) is 0 Å². The molecule has 0 fully saturated rings. The molecular weight excluding hydrogens is 749 g/mol. The Balaban J connectivity index is 0.913. The molecule has 0 radical (unpaired) electrons. The van der Waals surface area contributed by atoms with E-state index >= 15 is 0 Å². The molecule has 0 saturated heterocycles. The molecule has 0 saturated carbocycles. The lowest BCUT2D eigenvalue weighted by Crippen LogP contribution is -2.11. The summed E-state index contributed by atoms with van der Waals surface area (Å²) < 4.78 is 0. The molecule has 296 valence electrons. The molecule has 10 rings (SSSR count). The summed E-state index contributed by atoms with van der Waals surface area (Å²) in [5.74, 6) is 0. The minimum Gasteiger partial charge on any atom is -0.310 e. The summed E-state index contributed by atoms with van der Waals surface area (Å²) >= 11 is 0. The van der Waals surface area contributed by atoms with Crippen LogP contribution in [0.5, 0.6) is 0 Å². The molecule has 62 heavy (non-hydrogen) atoms. The molecule has 0 N–H and O–H groups in total. The van der Waals surface area contributed by atoms with E-state index in [1.54, 1.807) is 0 Å². The lowest BCUT2D eigenvalue weighted by atomic mass is 9.95. The van der Waals surface area contributed by atoms with Crippen molar-refractivity contribution in [2.24, 2.45) is 0 Å². The Bertz CT molecular complexity index is 3160. The predicted molar refractivity (Wildman–Crippen MR) is 267 cm³/mol. The molecule has 0 bridgehead atoms. The van der Waals surface area contributed by atoms with Gasteiger partial charge < -0.3 is 9.80 Å². The van der Waals surface area contributed by atoms with E-state index in [-0.39, 0.29) is 0 Å². The number of benzene rings is 10. The van der Waals surface area contributed by atoms with Crippen LogP contribution in [0.2, 0.25) is 0 Å². The van der Waals surface area contributed by atoms with Gasteiger partial charge in [-0.25, -0.2) is 0 Å². The number of anilines is 6. The van der Waals surface area contributed by atoms with Gasteiger partial charge in [-0.1, -0.05) is 164 Å². The summed E-state index contributed by atoms with van der Waals surface area (Å²) in [6.07, 6.45) is 4.39. The van der Waals surface area contributed by atoms with E-state index in [1.165, 1.54) is 60.6 Å². The number of nitrogens with zero attached hydrogens (tertiary/aromatic N) is 2. The van der Waals surface area contributed by atoms with Crippen molar-refractivity contribution in [1.82, 2.24) is 0 Å². The first-order chi connectivity index (χ1) is 30.6. The number of hydrogen-bond acceptors (Lipinski definition) is 2. The highest BCUT2D eigenvalue weighted by atomic mass is 15.1. The fraction of sp³-hybridized carbons (Fsp3) is 0.0333. The third-order valence-corrected chi connectivity index (χ3v) is 11.9. The zero-order valence-corrected chi connectivity index (χ0v) is 35.0. The average molecular weight is 795 g/mol. The summed E-state index contributed by atoms with van der Waals surface area (Å²) in [5, 5.41) is 4.95. The molecule has 0 spiro atoms. The number of para-hydroxylation sites is 2. The van der Waals surface area contributed by atoms with Gasteiger partial charge in [-0.15, -0.1) is 0 Å². The number of aryl methyl sites for hydroxylation is 2. The van der Waals surface area contributed by atoms with E-state index in [9.17, 15) is 0 Å². The predicted octanol–water partition coefficient (Wildman–Crippen LogP) is 17.1. The SMILES string of the molecule is Cc1cc2cc(-c3ccccc3)ccc2cc1N(c1ccccc1)c1ccc(/C=C/c2ccc(N(c3ccccc3)c3ccc4c(C)c(-c5ccccc5)ccc4c3)cc2)cc1. The zero-order valence-electron chi connectivity index (χ0n) is 35.0. The highest BCUT2D eigenvalue weighted by Gasteiger charge is 2.17. The van der Waals surface area contributed by atoms with E-state index < -0.39 is 0 Å². The fourth-order valence-electron chi connectivity index (χ4n) is 8.68. The van der Waals surface area contributed by atoms with Crippen molar-refractivity contribution in [2.75, 3.05) is 9.80 Å². The zero-order chi connectivity index (χ0) is 41.8. The van der Waals surface area contributed by atoms with Crippen molar-refractivity contribution in [1.29, 1.82) is 0 Å². The maximum atomic E-state index is 2.36. The largest absolute Gasteiger partial charge is 0.310 e. The van der Waals surface area contributed by atoms with Gasteiger partial charge in [0.05, 0.1) is 0 Å². The lowest BCUT2D eigenvalue weighted by Gasteiger charge is -2.27. The normalized spacial score (nSPS) is 11.3. The van der Waals surface area contributed by atoms with Gasteiger partial charge in [-0.3, -0.25) is 0 Å². The minimum absolute atomic E-state index is 1.11. The molecule has 2 heteroatoms. The topological polar surface area (TPSA) is 6.48 Å². The van der Waals surface area contributed by atoms with Crippen molar-refractivity contribution >= 4 is 67.8 Å². The Morgan fingerprint density at radius 1 is 0.323 bits per heavy atom. The molecule has 0 aromatic heterocycles. The van der Waals surface area contributed by atoms with Crippen LogP contribution in [0, 0.1) is 13.8 Å². The van der Waals surface area contributed by atoms with Crippen LogP contribution in [0.4, 0.5) is 34.1 Å². The standard InChI is InChI=1S/C60H46N2/c1-43-39-52-40-49(47-15-7-3-8-16-47)29-30-50(52)42-60(43)62(54-21-13-6-14-22-54)56-34-27-46(28-35-56)24-23-45-25-32-55(33-26-45)61(53-19-11-5-12-20-53)57-36-38-59-44(2)58(37-31-51(59)41-57)48-17-9-4-10-18-48/h3-42H,1-2H3/b24-23+. The molecular formula is C60H46N2. The smallest absolute Gasteiger partial charge is 0.0497 e. The van der Waals surface area contributed by atoms with Crippen LogP contribution < -0.4 is 9.80 Å². The van der Waals surface area contributed by atoms with Crippen LogP contribution in [-0.2, 0) is 0 Å². The summed E-state index contributed by atoms with van der Waals surface area (Å²) in [4.78, 5) is 4.70. The molecule has 0 unspecified atom stereocenters. The Hall–Kier alpha value is -7.94. The van der Waals surface area contributed by atoms with Crippen molar-refractivity contribution in [3.05, 3.63) is 253 Å². The van der Waals surface area contributed by atoms with Crippen molar-refractivity contribution < 1.29 is 0 Å². The van der Waals surface area contributed by atoms with Gasteiger partial charge >= 0.3 is 0 Å². The van der Waals surface area contributed by atoms with Crippen LogP contribution in [0.25, 0.3) is 56.0 Å². The van der Waals surface area contributed by atoms with Crippen molar-refractivity contribution in [3.63, 3.8) is 0 Å². The first-order valence-electron chi connectivity index (χ1n) is 21.3. The molecule has 0 aliphatic heterocycles. The van der Waals surface area contributed by atoms with Crippen LogP contribution in [-0.4, -0.2) is 0 Å². The summed E-state index contributed by atoms with van der Waals surface area (Å²) in [7, 11) is 0. The molecule has 10 aromatic rings. The molecule has 0 aliphatic carbocycles. The van der Waals surface area contributed by atoms with Crippen LogP contribution >= 0.6 is 0 Å². The van der Waals surface area contributed by atoms with Crippen LogP contribution in [0.15, 0.2) is 231 Å². The van der Waals surface area contributed by atoms with Gasteiger partial charge in [0.2, 0.25) is 0 Å². The maximum Gasteiger partial charge on any atom is 0.0497 e. The van der Waals surface area contributed by atoms with Crippen molar-refractivity contribution in [3.8, 4) is 22.3 Å². The minimum atomic E-state index is 1.11. The van der Waals surface area contributed by atoms with Crippen molar-refractivity contribution in [2.45, 2.75) is 13.8 Å². The number of fused-ring (bicyclic) bond motifs is 2. The summed E-state index contributed by atoms with van der Waals surface area (Å²) in [5.41, 5.74) is 16.5. The first-order valence-corrected chi connectivity index (χ1v) is 21.3. The molecule has 0 amide bonds. The number of rotatable bonds is 10. The molecule has 2 nitrogen and oxygen atoms in total.